The van der Waals surface area contributed by atoms with Gasteiger partial charge in [0.05, 0.1) is 0 Å². The Morgan fingerprint density at radius 3 is 2.00 bits per heavy atom. The Morgan fingerprint density at radius 2 is 1.40 bits per heavy atom. The molecule has 0 amide bonds. The highest BCUT2D eigenvalue weighted by molar-refractivity contribution is 5.59. The van der Waals surface area contributed by atoms with Gasteiger partial charge in [0.25, 0.3) is 0 Å². The molecule has 0 bridgehead atoms. The molecule has 0 fully saturated rings. The van der Waals surface area contributed by atoms with Crippen LogP contribution in [0.15, 0.2) is 54.6 Å². The van der Waals surface area contributed by atoms with Crippen molar-refractivity contribution in [3.63, 3.8) is 0 Å². The number of anilines is 2. The Balaban J connectivity index is 1.93. The highest BCUT2D eigenvalue weighted by atomic mass is 14.9. The fourth-order valence-electron chi connectivity index (χ4n) is 2.70. The standard InChI is InChI=1S/C19H25N/c1-15(2)13-16(3)14-17-9-11-19(12-10-17)20-18-7-5-4-6-8-18/h4-12,15-16,20H,13-14H2,1-3H3. The molecule has 1 N–H and O–H groups in total. The number of benzene rings is 2. The van der Waals surface area contributed by atoms with Crippen LogP contribution in [0, 0.1) is 11.8 Å². The summed E-state index contributed by atoms with van der Waals surface area (Å²) in [5.41, 5.74) is 3.71. The average Bonchev–Trinajstić information content (AvgIpc) is 2.41. The van der Waals surface area contributed by atoms with Gasteiger partial charge in [-0.05, 0) is 54.5 Å². The van der Waals surface area contributed by atoms with Crippen LogP contribution in [0.25, 0.3) is 0 Å². The van der Waals surface area contributed by atoms with Crippen molar-refractivity contribution in [3.05, 3.63) is 60.2 Å². The van der Waals surface area contributed by atoms with Crippen LogP contribution in [0.5, 0.6) is 0 Å². The molecule has 20 heavy (non-hydrogen) atoms. The first kappa shape index (κ1) is 14.6. The number of nitrogens with one attached hydrogen (secondary N) is 1. The molecule has 1 heteroatoms. The number of para-hydroxylation sites is 1. The predicted octanol–water partition coefficient (Wildman–Crippen LogP) is 5.65. The topological polar surface area (TPSA) is 12.0 Å². The van der Waals surface area contributed by atoms with E-state index in [4.69, 9.17) is 0 Å². The highest BCUT2D eigenvalue weighted by Gasteiger charge is 2.06. The summed E-state index contributed by atoms with van der Waals surface area (Å²) in [6.07, 6.45) is 2.47. The van der Waals surface area contributed by atoms with Crippen LogP contribution in [0.3, 0.4) is 0 Å². The Labute approximate surface area is 123 Å². The Bertz CT molecular complexity index is 499. The molecule has 2 aromatic rings. The van der Waals surface area contributed by atoms with Crippen LogP contribution in [0.2, 0.25) is 0 Å². The molecule has 0 saturated heterocycles. The second kappa shape index (κ2) is 7.14. The second-order valence-corrected chi connectivity index (χ2v) is 6.13. The van der Waals surface area contributed by atoms with E-state index >= 15 is 0 Å². The van der Waals surface area contributed by atoms with Gasteiger partial charge < -0.3 is 5.32 Å². The van der Waals surface area contributed by atoms with Crippen LogP contribution in [0.1, 0.15) is 32.8 Å². The smallest absolute Gasteiger partial charge is 0.0384 e. The third-order valence-electron chi connectivity index (χ3n) is 3.47. The van der Waals surface area contributed by atoms with E-state index in [1.807, 2.05) is 18.2 Å². The fraction of sp³-hybridized carbons (Fsp3) is 0.368. The van der Waals surface area contributed by atoms with Crippen molar-refractivity contribution >= 4 is 11.4 Å². The lowest BCUT2D eigenvalue weighted by molar-refractivity contribution is 0.437. The number of hydrogen-bond acceptors (Lipinski definition) is 1. The molecule has 0 aliphatic carbocycles. The molecule has 2 rings (SSSR count). The molecule has 0 saturated carbocycles. The molecule has 0 radical (unpaired) electrons. The van der Waals surface area contributed by atoms with Gasteiger partial charge in [-0.3, -0.25) is 0 Å². The summed E-state index contributed by atoms with van der Waals surface area (Å²) in [7, 11) is 0. The SMILES string of the molecule is CC(C)CC(C)Cc1ccc(Nc2ccccc2)cc1. The summed E-state index contributed by atoms with van der Waals surface area (Å²) in [5.74, 6) is 1.53. The first-order chi connectivity index (χ1) is 9.63. The average molecular weight is 267 g/mol. The van der Waals surface area contributed by atoms with Gasteiger partial charge in [0.15, 0.2) is 0 Å². The van der Waals surface area contributed by atoms with E-state index in [9.17, 15) is 0 Å². The van der Waals surface area contributed by atoms with E-state index in [0.29, 0.717) is 0 Å². The molecule has 0 aliphatic heterocycles. The van der Waals surface area contributed by atoms with Crippen LogP contribution in [-0.2, 0) is 6.42 Å². The maximum atomic E-state index is 3.42. The van der Waals surface area contributed by atoms with Gasteiger partial charge in [-0.1, -0.05) is 51.1 Å². The zero-order valence-corrected chi connectivity index (χ0v) is 12.8. The van der Waals surface area contributed by atoms with Crippen molar-refractivity contribution in [2.75, 3.05) is 5.32 Å². The minimum Gasteiger partial charge on any atom is -0.356 e. The van der Waals surface area contributed by atoms with Crippen molar-refractivity contribution in [1.82, 2.24) is 0 Å². The molecule has 106 valence electrons. The number of hydrogen-bond donors (Lipinski definition) is 1. The summed E-state index contributed by atoms with van der Waals surface area (Å²) in [5, 5.41) is 3.42. The first-order valence-corrected chi connectivity index (χ1v) is 7.54. The van der Waals surface area contributed by atoms with Crippen LogP contribution >= 0.6 is 0 Å². The van der Waals surface area contributed by atoms with E-state index in [1.165, 1.54) is 18.4 Å². The summed E-state index contributed by atoms with van der Waals surface area (Å²) < 4.78 is 0. The second-order valence-electron chi connectivity index (χ2n) is 6.13. The van der Waals surface area contributed by atoms with Crippen molar-refractivity contribution in [1.29, 1.82) is 0 Å². The maximum Gasteiger partial charge on any atom is 0.0384 e. The van der Waals surface area contributed by atoms with Crippen molar-refractivity contribution in [2.24, 2.45) is 11.8 Å². The summed E-state index contributed by atoms with van der Waals surface area (Å²) in [4.78, 5) is 0. The molecular formula is C19H25N. The zero-order chi connectivity index (χ0) is 14.4. The van der Waals surface area contributed by atoms with Gasteiger partial charge in [0.2, 0.25) is 0 Å². The molecule has 1 nitrogen and oxygen atoms in total. The molecule has 1 unspecified atom stereocenters. The Morgan fingerprint density at radius 1 is 0.800 bits per heavy atom. The van der Waals surface area contributed by atoms with Crippen molar-refractivity contribution in [2.45, 2.75) is 33.6 Å². The third kappa shape index (κ3) is 4.73. The molecule has 1 atom stereocenters. The molecule has 0 aliphatic rings. The fourth-order valence-corrected chi connectivity index (χ4v) is 2.70. The predicted molar refractivity (Wildman–Crippen MR) is 88.5 cm³/mol. The third-order valence-corrected chi connectivity index (χ3v) is 3.47. The molecule has 2 aromatic carbocycles. The zero-order valence-electron chi connectivity index (χ0n) is 12.8. The molecule has 0 heterocycles. The Hall–Kier alpha value is -1.76. The number of rotatable bonds is 6. The van der Waals surface area contributed by atoms with E-state index in [2.05, 4.69) is 62.5 Å². The maximum absolute atomic E-state index is 3.42. The van der Waals surface area contributed by atoms with Gasteiger partial charge in [-0.25, -0.2) is 0 Å². The monoisotopic (exact) mass is 267 g/mol. The van der Waals surface area contributed by atoms with Crippen LogP contribution in [0.4, 0.5) is 11.4 Å². The van der Waals surface area contributed by atoms with Crippen LogP contribution < -0.4 is 5.32 Å². The quantitative estimate of drug-likeness (QED) is 0.712. The highest BCUT2D eigenvalue weighted by Crippen LogP contribution is 2.20. The summed E-state index contributed by atoms with van der Waals surface area (Å²) in [6.45, 7) is 6.93. The van der Waals surface area contributed by atoms with Gasteiger partial charge in [0.1, 0.15) is 0 Å². The van der Waals surface area contributed by atoms with Crippen LogP contribution in [-0.4, -0.2) is 0 Å². The first-order valence-electron chi connectivity index (χ1n) is 7.54. The minimum absolute atomic E-state index is 0.753. The van der Waals surface area contributed by atoms with E-state index in [1.54, 1.807) is 0 Å². The largest absolute Gasteiger partial charge is 0.356 e. The van der Waals surface area contributed by atoms with Gasteiger partial charge in [-0.2, -0.15) is 0 Å². The lowest BCUT2D eigenvalue weighted by atomic mass is 9.92. The van der Waals surface area contributed by atoms with Gasteiger partial charge >= 0.3 is 0 Å². The molecule has 0 spiro atoms. The van der Waals surface area contributed by atoms with E-state index in [-0.39, 0.29) is 0 Å². The summed E-state index contributed by atoms with van der Waals surface area (Å²) in [6, 6.07) is 19.1. The lowest BCUT2D eigenvalue weighted by Crippen LogP contribution is -2.03. The van der Waals surface area contributed by atoms with Gasteiger partial charge in [-0.15, -0.1) is 0 Å². The Kier molecular flexibility index (Phi) is 5.23. The van der Waals surface area contributed by atoms with Crippen molar-refractivity contribution < 1.29 is 0 Å². The van der Waals surface area contributed by atoms with Crippen molar-refractivity contribution in [3.8, 4) is 0 Å². The molecular weight excluding hydrogens is 242 g/mol. The minimum atomic E-state index is 0.753. The van der Waals surface area contributed by atoms with E-state index < -0.39 is 0 Å². The lowest BCUT2D eigenvalue weighted by Gasteiger charge is -2.14. The van der Waals surface area contributed by atoms with E-state index in [0.717, 1.165) is 23.2 Å². The normalized spacial score (nSPS) is 12.4. The summed E-state index contributed by atoms with van der Waals surface area (Å²) >= 11 is 0. The molecule has 0 aromatic heterocycles. The van der Waals surface area contributed by atoms with Gasteiger partial charge in [0, 0.05) is 11.4 Å².